The van der Waals surface area contributed by atoms with E-state index >= 15 is 0 Å². The van der Waals surface area contributed by atoms with Gasteiger partial charge in [-0.05, 0) is 28.8 Å². The lowest BCUT2D eigenvalue weighted by Crippen LogP contribution is -2.01. The molecule has 3 aromatic carbocycles. The molecule has 0 aliphatic carbocycles. The molecule has 0 unspecified atom stereocenters. The van der Waals surface area contributed by atoms with Gasteiger partial charge in [0.05, 0.1) is 18.0 Å². The van der Waals surface area contributed by atoms with Crippen molar-refractivity contribution in [2.24, 2.45) is 0 Å². The predicted octanol–water partition coefficient (Wildman–Crippen LogP) is 5.14. The van der Waals surface area contributed by atoms with Crippen LogP contribution in [0.5, 0.6) is 11.6 Å². The number of aromatic nitrogens is 3. The molecule has 0 aliphatic rings. The number of phenols is 1. The van der Waals surface area contributed by atoms with Gasteiger partial charge in [0.1, 0.15) is 11.4 Å². The van der Waals surface area contributed by atoms with E-state index in [4.69, 9.17) is 14.7 Å². The van der Waals surface area contributed by atoms with E-state index in [1.807, 2.05) is 60.8 Å². The maximum absolute atomic E-state index is 11.1. The molecule has 6 nitrogen and oxygen atoms in total. The fraction of sp³-hybridized carbons (Fsp3) is 0.143. The first-order chi connectivity index (χ1) is 16.6. The standard InChI is InChI=1S/C28H25N3O3/c1-34-18-21-7-11-22(12-8-21)26-17-31-27(24(29-26)15-19-5-3-2-4-6-19)30-25(28(31)33)16-20-9-13-23(32)14-10-20/h2-14,17,32-33H,15-16,18H2,1H3. The monoisotopic (exact) mass is 451 g/mol. The smallest absolute Gasteiger partial charge is 0.219 e. The largest absolute Gasteiger partial charge is 0.508 e. The van der Waals surface area contributed by atoms with Crippen molar-refractivity contribution in [2.45, 2.75) is 19.4 Å². The summed E-state index contributed by atoms with van der Waals surface area (Å²) in [6, 6.07) is 25.1. The summed E-state index contributed by atoms with van der Waals surface area (Å²) >= 11 is 0. The molecule has 2 aromatic heterocycles. The van der Waals surface area contributed by atoms with Crippen LogP contribution in [0, 0.1) is 0 Å². The van der Waals surface area contributed by atoms with Crippen LogP contribution in [-0.2, 0) is 24.2 Å². The third-order valence-electron chi connectivity index (χ3n) is 5.80. The maximum Gasteiger partial charge on any atom is 0.219 e. The number of fused-ring (bicyclic) bond motifs is 1. The highest BCUT2D eigenvalue weighted by Gasteiger charge is 2.18. The Bertz CT molecular complexity index is 1410. The first kappa shape index (κ1) is 21.7. The second-order valence-corrected chi connectivity index (χ2v) is 8.28. The minimum absolute atomic E-state index is 0.0945. The maximum atomic E-state index is 11.1. The Balaban J connectivity index is 1.60. The Kier molecular flexibility index (Phi) is 5.97. The Morgan fingerprint density at radius 2 is 1.38 bits per heavy atom. The number of ether oxygens (including phenoxy) is 1. The molecule has 2 heterocycles. The summed E-state index contributed by atoms with van der Waals surface area (Å²) in [5.41, 5.74) is 6.84. The number of nitrogens with zero attached hydrogens (tertiary/aromatic N) is 3. The zero-order valence-corrected chi connectivity index (χ0v) is 18.8. The molecule has 6 heteroatoms. The van der Waals surface area contributed by atoms with Crippen molar-refractivity contribution in [3.8, 4) is 22.9 Å². The highest BCUT2D eigenvalue weighted by atomic mass is 16.5. The van der Waals surface area contributed by atoms with Crippen LogP contribution < -0.4 is 0 Å². The molecular formula is C28H25N3O3. The SMILES string of the molecule is COCc1ccc(-c2cn3c(O)c(Cc4ccc(O)cc4)nc3c(Cc3ccccc3)n2)cc1. The van der Waals surface area contributed by atoms with Crippen LogP contribution in [0.15, 0.2) is 85.1 Å². The van der Waals surface area contributed by atoms with Gasteiger partial charge in [-0.3, -0.25) is 4.40 Å². The average molecular weight is 452 g/mol. The van der Waals surface area contributed by atoms with Crippen LogP contribution in [0.25, 0.3) is 16.9 Å². The van der Waals surface area contributed by atoms with Gasteiger partial charge in [-0.2, -0.15) is 0 Å². The second-order valence-electron chi connectivity index (χ2n) is 8.28. The summed E-state index contributed by atoms with van der Waals surface area (Å²) in [5, 5.41) is 20.7. The zero-order chi connectivity index (χ0) is 23.5. The van der Waals surface area contributed by atoms with Gasteiger partial charge in [0.15, 0.2) is 5.65 Å². The number of aromatic hydroxyl groups is 2. The quantitative estimate of drug-likeness (QED) is 0.358. The number of hydrogen-bond acceptors (Lipinski definition) is 5. The lowest BCUT2D eigenvalue weighted by atomic mass is 10.1. The number of benzene rings is 3. The van der Waals surface area contributed by atoms with Crippen molar-refractivity contribution in [3.05, 3.63) is 113 Å². The number of phenolic OH excluding ortho intramolecular Hbond substituents is 1. The Morgan fingerprint density at radius 1 is 0.735 bits per heavy atom. The van der Waals surface area contributed by atoms with Gasteiger partial charge in [-0.1, -0.05) is 66.7 Å². The van der Waals surface area contributed by atoms with Crippen molar-refractivity contribution in [2.75, 3.05) is 7.11 Å². The first-order valence-electron chi connectivity index (χ1n) is 11.1. The van der Waals surface area contributed by atoms with Gasteiger partial charge in [-0.15, -0.1) is 0 Å². The second kappa shape index (κ2) is 9.37. The lowest BCUT2D eigenvalue weighted by molar-refractivity contribution is 0.185. The molecule has 0 amide bonds. The Morgan fingerprint density at radius 3 is 2.09 bits per heavy atom. The fourth-order valence-corrected chi connectivity index (χ4v) is 4.05. The van der Waals surface area contributed by atoms with Gasteiger partial charge in [0.25, 0.3) is 0 Å². The average Bonchev–Trinajstić information content (AvgIpc) is 3.17. The lowest BCUT2D eigenvalue weighted by Gasteiger charge is -2.09. The topological polar surface area (TPSA) is 79.9 Å². The summed E-state index contributed by atoms with van der Waals surface area (Å²) in [4.78, 5) is 9.73. The molecule has 0 atom stereocenters. The van der Waals surface area contributed by atoms with Gasteiger partial charge >= 0.3 is 0 Å². The van der Waals surface area contributed by atoms with Gasteiger partial charge < -0.3 is 14.9 Å². The summed E-state index contributed by atoms with van der Waals surface area (Å²) in [5.74, 6) is 0.301. The molecule has 170 valence electrons. The molecule has 5 rings (SSSR count). The van der Waals surface area contributed by atoms with Gasteiger partial charge in [0, 0.05) is 31.7 Å². The van der Waals surface area contributed by atoms with E-state index < -0.39 is 0 Å². The van der Waals surface area contributed by atoms with E-state index in [1.165, 1.54) is 0 Å². The number of methoxy groups -OCH3 is 1. The first-order valence-corrected chi connectivity index (χ1v) is 11.1. The van der Waals surface area contributed by atoms with Crippen LogP contribution in [0.3, 0.4) is 0 Å². The molecule has 0 spiro atoms. The highest BCUT2D eigenvalue weighted by Crippen LogP contribution is 2.28. The van der Waals surface area contributed by atoms with Crippen molar-refractivity contribution in [1.29, 1.82) is 0 Å². The van der Waals surface area contributed by atoms with Crippen LogP contribution in [0.4, 0.5) is 0 Å². The van der Waals surface area contributed by atoms with E-state index in [2.05, 4.69) is 12.1 Å². The van der Waals surface area contributed by atoms with Crippen LogP contribution in [0.2, 0.25) is 0 Å². The molecule has 34 heavy (non-hydrogen) atoms. The molecule has 2 N–H and O–H groups in total. The molecule has 0 bridgehead atoms. The van der Waals surface area contributed by atoms with E-state index in [0.717, 1.165) is 33.6 Å². The van der Waals surface area contributed by atoms with Crippen molar-refractivity contribution in [3.63, 3.8) is 0 Å². The van der Waals surface area contributed by atoms with Crippen LogP contribution in [0.1, 0.15) is 28.1 Å². The summed E-state index contributed by atoms with van der Waals surface area (Å²) in [7, 11) is 1.68. The van der Waals surface area contributed by atoms with Crippen molar-refractivity contribution >= 4 is 5.65 Å². The summed E-state index contributed by atoms with van der Waals surface area (Å²) < 4.78 is 6.94. The van der Waals surface area contributed by atoms with E-state index in [9.17, 15) is 10.2 Å². The number of rotatable bonds is 7. The molecular weight excluding hydrogens is 426 g/mol. The van der Waals surface area contributed by atoms with E-state index in [0.29, 0.717) is 30.8 Å². The predicted molar refractivity (Wildman–Crippen MR) is 131 cm³/mol. The van der Waals surface area contributed by atoms with E-state index in [-0.39, 0.29) is 11.6 Å². The van der Waals surface area contributed by atoms with Crippen LogP contribution in [-0.4, -0.2) is 31.7 Å². The Labute approximate surface area is 197 Å². The minimum Gasteiger partial charge on any atom is -0.508 e. The van der Waals surface area contributed by atoms with Gasteiger partial charge in [0.2, 0.25) is 5.88 Å². The molecule has 0 aliphatic heterocycles. The molecule has 0 saturated carbocycles. The third-order valence-corrected chi connectivity index (χ3v) is 5.80. The highest BCUT2D eigenvalue weighted by molar-refractivity contribution is 5.63. The number of hydrogen-bond donors (Lipinski definition) is 2. The third kappa shape index (κ3) is 4.49. The summed E-state index contributed by atoms with van der Waals surface area (Å²) in [6.07, 6.45) is 2.87. The fourth-order valence-electron chi connectivity index (χ4n) is 4.05. The minimum atomic E-state index is 0.0945. The summed E-state index contributed by atoms with van der Waals surface area (Å²) in [6.45, 7) is 0.551. The van der Waals surface area contributed by atoms with Crippen molar-refractivity contribution in [1.82, 2.24) is 14.4 Å². The number of imidazole rings is 1. The van der Waals surface area contributed by atoms with Crippen LogP contribution >= 0.6 is 0 Å². The van der Waals surface area contributed by atoms with E-state index in [1.54, 1.807) is 23.6 Å². The Hall–Kier alpha value is -4.16. The molecule has 0 radical (unpaired) electrons. The van der Waals surface area contributed by atoms with Crippen molar-refractivity contribution < 1.29 is 14.9 Å². The van der Waals surface area contributed by atoms with Gasteiger partial charge in [-0.25, -0.2) is 9.97 Å². The normalized spacial score (nSPS) is 11.2. The molecule has 0 saturated heterocycles. The molecule has 5 aromatic rings. The molecule has 0 fully saturated rings. The zero-order valence-electron chi connectivity index (χ0n) is 18.8.